The largest absolute Gasteiger partial charge is 0.325 e. The Labute approximate surface area is 142 Å². The van der Waals surface area contributed by atoms with Crippen LogP contribution in [-0.4, -0.2) is 26.7 Å². The molecule has 0 aliphatic heterocycles. The summed E-state index contributed by atoms with van der Waals surface area (Å²) in [6.07, 6.45) is 0. The zero-order valence-corrected chi connectivity index (χ0v) is 14.4. The van der Waals surface area contributed by atoms with Crippen LogP contribution in [0, 0.1) is 0 Å². The van der Waals surface area contributed by atoms with Crippen LogP contribution in [0.3, 0.4) is 0 Å². The third-order valence-electron chi connectivity index (χ3n) is 2.79. The SMILES string of the molecule is CC(=O)c1cccc(NC(=O)CNS(=O)(=O)c2ccc(Cl)s2)c1. The van der Waals surface area contributed by atoms with Crippen LogP contribution in [-0.2, 0) is 14.8 Å². The van der Waals surface area contributed by atoms with Crippen molar-refractivity contribution in [2.75, 3.05) is 11.9 Å². The van der Waals surface area contributed by atoms with Gasteiger partial charge in [-0.2, -0.15) is 0 Å². The minimum atomic E-state index is -3.78. The molecule has 0 saturated carbocycles. The summed E-state index contributed by atoms with van der Waals surface area (Å²) >= 11 is 6.60. The number of rotatable bonds is 6. The van der Waals surface area contributed by atoms with Gasteiger partial charge in [-0.3, -0.25) is 9.59 Å². The molecule has 0 aliphatic rings. The van der Waals surface area contributed by atoms with Crippen molar-refractivity contribution < 1.29 is 18.0 Å². The fourth-order valence-corrected chi connectivity index (χ4v) is 4.20. The molecular formula is C14H13ClN2O4S2. The van der Waals surface area contributed by atoms with Crippen LogP contribution in [0.25, 0.3) is 0 Å². The fourth-order valence-electron chi connectivity index (χ4n) is 1.69. The van der Waals surface area contributed by atoms with Crippen molar-refractivity contribution in [1.82, 2.24) is 4.72 Å². The van der Waals surface area contributed by atoms with E-state index >= 15 is 0 Å². The first-order valence-corrected chi connectivity index (χ1v) is 9.11. The lowest BCUT2D eigenvalue weighted by molar-refractivity contribution is -0.115. The Bertz CT molecular complexity index is 846. The maximum absolute atomic E-state index is 12.0. The van der Waals surface area contributed by atoms with E-state index in [4.69, 9.17) is 11.6 Å². The molecule has 0 bridgehead atoms. The van der Waals surface area contributed by atoms with E-state index in [1.165, 1.54) is 25.1 Å². The van der Waals surface area contributed by atoms with E-state index in [2.05, 4.69) is 10.0 Å². The molecule has 23 heavy (non-hydrogen) atoms. The third kappa shape index (κ3) is 4.87. The van der Waals surface area contributed by atoms with Crippen molar-refractivity contribution in [1.29, 1.82) is 0 Å². The molecule has 0 atom stereocenters. The molecule has 0 radical (unpaired) electrons. The highest BCUT2D eigenvalue weighted by Crippen LogP contribution is 2.25. The van der Waals surface area contributed by atoms with E-state index in [1.54, 1.807) is 18.2 Å². The molecule has 1 amide bonds. The first-order chi connectivity index (χ1) is 10.8. The van der Waals surface area contributed by atoms with E-state index in [0.29, 0.717) is 15.6 Å². The van der Waals surface area contributed by atoms with Gasteiger partial charge in [0.1, 0.15) is 4.21 Å². The number of Topliss-reactive ketones (excluding diaryl/α,β-unsaturated/α-hetero) is 1. The molecule has 1 heterocycles. The predicted octanol–water partition coefficient (Wildman–Crippen LogP) is 2.52. The highest BCUT2D eigenvalue weighted by atomic mass is 35.5. The van der Waals surface area contributed by atoms with Gasteiger partial charge < -0.3 is 5.32 Å². The summed E-state index contributed by atoms with van der Waals surface area (Å²) in [6.45, 7) is 0.989. The highest BCUT2D eigenvalue weighted by molar-refractivity contribution is 7.91. The third-order valence-corrected chi connectivity index (χ3v) is 5.91. The first-order valence-electron chi connectivity index (χ1n) is 6.44. The van der Waals surface area contributed by atoms with E-state index in [-0.39, 0.29) is 9.99 Å². The molecule has 0 saturated heterocycles. The van der Waals surface area contributed by atoms with Gasteiger partial charge in [-0.1, -0.05) is 23.7 Å². The Morgan fingerprint density at radius 2 is 1.96 bits per heavy atom. The molecule has 1 aromatic heterocycles. The number of sulfonamides is 1. The smallest absolute Gasteiger partial charge is 0.250 e. The second-order valence-electron chi connectivity index (χ2n) is 4.57. The maximum Gasteiger partial charge on any atom is 0.250 e. The standard InChI is InChI=1S/C14H13ClN2O4S2/c1-9(18)10-3-2-4-11(7-10)17-13(19)8-16-23(20,21)14-6-5-12(15)22-14/h2-7,16H,8H2,1H3,(H,17,19). The molecule has 2 N–H and O–H groups in total. The van der Waals surface area contributed by atoms with Crippen molar-refractivity contribution in [3.05, 3.63) is 46.3 Å². The molecular weight excluding hydrogens is 360 g/mol. The van der Waals surface area contributed by atoms with E-state index < -0.39 is 22.5 Å². The lowest BCUT2D eigenvalue weighted by Gasteiger charge is -2.07. The van der Waals surface area contributed by atoms with Gasteiger partial charge in [-0.15, -0.1) is 11.3 Å². The Kier molecular flexibility index (Phi) is 5.53. The second kappa shape index (κ2) is 7.22. The van der Waals surface area contributed by atoms with Crippen molar-refractivity contribution in [2.24, 2.45) is 0 Å². The van der Waals surface area contributed by atoms with E-state index in [1.807, 2.05) is 0 Å². The molecule has 2 rings (SSSR count). The van der Waals surface area contributed by atoms with Gasteiger partial charge >= 0.3 is 0 Å². The predicted molar refractivity (Wildman–Crippen MR) is 89.6 cm³/mol. The van der Waals surface area contributed by atoms with Crippen LogP contribution in [0.5, 0.6) is 0 Å². The lowest BCUT2D eigenvalue weighted by Crippen LogP contribution is -2.32. The second-order valence-corrected chi connectivity index (χ2v) is 8.28. The first kappa shape index (κ1) is 17.6. The monoisotopic (exact) mass is 372 g/mol. The van der Waals surface area contributed by atoms with Crippen LogP contribution >= 0.6 is 22.9 Å². The topological polar surface area (TPSA) is 92.3 Å². The molecule has 2 aromatic rings. The number of ketones is 1. The summed E-state index contributed by atoms with van der Waals surface area (Å²) in [5.41, 5.74) is 0.873. The van der Waals surface area contributed by atoms with Crippen molar-refractivity contribution in [3.8, 4) is 0 Å². The van der Waals surface area contributed by atoms with Gasteiger partial charge in [-0.05, 0) is 31.2 Å². The summed E-state index contributed by atoms with van der Waals surface area (Å²) in [6, 6.07) is 9.22. The van der Waals surface area contributed by atoms with Crippen LogP contribution in [0.4, 0.5) is 5.69 Å². The van der Waals surface area contributed by atoms with Gasteiger partial charge in [0.25, 0.3) is 10.0 Å². The maximum atomic E-state index is 12.0. The zero-order chi connectivity index (χ0) is 17.0. The molecule has 0 unspecified atom stereocenters. The normalized spacial score (nSPS) is 11.2. The van der Waals surface area contributed by atoms with Gasteiger partial charge in [-0.25, -0.2) is 13.1 Å². The average Bonchev–Trinajstić information content (AvgIpc) is 2.93. The number of hydrogen-bond acceptors (Lipinski definition) is 5. The van der Waals surface area contributed by atoms with Crippen molar-refractivity contribution >= 4 is 50.3 Å². The quantitative estimate of drug-likeness (QED) is 0.762. The molecule has 0 spiro atoms. The summed E-state index contributed by atoms with van der Waals surface area (Å²) < 4.78 is 26.5. The molecule has 0 aliphatic carbocycles. The van der Waals surface area contributed by atoms with Crippen molar-refractivity contribution in [3.63, 3.8) is 0 Å². The number of hydrogen-bond donors (Lipinski definition) is 2. The Hall–Kier alpha value is -1.74. The Morgan fingerprint density at radius 3 is 2.57 bits per heavy atom. The molecule has 0 fully saturated rings. The minimum Gasteiger partial charge on any atom is -0.325 e. The molecule has 6 nitrogen and oxygen atoms in total. The summed E-state index contributed by atoms with van der Waals surface area (Å²) in [4.78, 5) is 23.1. The minimum absolute atomic E-state index is 0.0360. The van der Waals surface area contributed by atoms with Crippen molar-refractivity contribution in [2.45, 2.75) is 11.1 Å². The van der Waals surface area contributed by atoms with Gasteiger partial charge in [0.05, 0.1) is 10.9 Å². The number of anilines is 1. The van der Waals surface area contributed by atoms with Gasteiger partial charge in [0, 0.05) is 11.3 Å². The fraction of sp³-hybridized carbons (Fsp3) is 0.143. The van der Waals surface area contributed by atoms with Gasteiger partial charge in [0.15, 0.2) is 5.78 Å². The Balaban J connectivity index is 1.98. The average molecular weight is 373 g/mol. The summed E-state index contributed by atoms with van der Waals surface area (Å²) in [5, 5.41) is 2.53. The molecule has 1 aromatic carbocycles. The van der Waals surface area contributed by atoms with E-state index in [0.717, 1.165) is 11.3 Å². The number of carbonyl (C=O) groups excluding carboxylic acids is 2. The molecule has 9 heteroatoms. The summed E-state index contributed by atoms with van der Waals surface area (Å²) in [7, 11) is -3.78. The zero-order valence-electron chi connectivity index (χ0n) is 12.0. The number of thiophene rings is 1. The number of nitrogens with one attached hydrogen (secondary N) is 2. The highest BCUT2D eigenvalue weighted by Gasteiger charge is 2.17. The number of carbonyl (C=O) groups is 2. The van der Waals surface area contributed by atoms with Crippen LogP contribution in [0.1, 0.15) is 17.3 Å². The van der Waals surface area contributed by atoms with Crippen LogP contribution in [0.15, 0.2) is 40.6 Å². The van der Waals surface area contributed by atoms with E-state index in [9.17, 15) is 18.0 Å². The van der Waals surface area contributed by atoms with Crippen LogP contribution < -0.4 is 10.0 Å². The number of amides is 1. The molecule has 122 valence electrons. The summed E-state index contributed by atoms with van der Waals surface area (Å²) in [5.74, 6) is -0.673. The van der Waals surface area contributed by atoms with Gasteiger partial charge in [0.2, 0.25) is 5.91 Å². The Morgan fingerprint density at radius 1 is 1.22 bits per heavy atom. The number of halogens is 1. The van der Waals surface area contributed by atoms with Crippen LogP contribution in [0.2, 0.25) is 4.34 Å². The lowest BCUT2D eigenvalue weighted by atomic mass is 10.1. The number of benzene rings is 1.